The average molecular weight is 352 g/mol. The SMILES string of the molecule is Cc1ccccc1C(=O)OCC(=O)NCCN1C(=O)CSC1=S. The molecule has 1 fully saturated rings. The van der Waals surface area contributed by atoms with Crippen LogP contribution in [0.1, 0.15) is 15.9 Å². The summed E-state index contributed by atoms with van der Waals surface area (Å²) in [7, 11) is 0. The number of thiocarbonyl (C=S) groups is 1. The molecule has 1 heterocycles. The van der Waals surface area contributed by atoms with Crippen molar-refractivity contribution in [1.29, 1.82) is 0 Å². The van der Waals surface area contributed by atoms with Crippen LogP contribution in [0.15, 0.2) is 24.3 Å². The largest absolute Gasteiger partial charge is 0.452 e. The molecule has 1 aliphatic heterocycles. The molecule has 23 heavy (non-hydrogen) atoms. The fourth-order valence-corrected chi connectivity index (χ4v) is 3.09. The molecule has 1 saturated heterocycles. The Kier molecular flexibility index (Phi) is 6.12. The van der Waals surface area contributed by atoms with Gasteiger partial charge in [0.05, 0.1) is 11.3 Å². The van der Waals surface area contributed by atoms with E-state index in [-0.39, 0.29) is 19.1 Å². The molecular formula is C15H16N2O4S2. The number of aryl methyl sites for hydroxylation is 1. The van der Waals surface area contributed by atoms with Gasteiger partial charge in [-0.1, -0.05) is 42.2 Å². The fraction of sp³-hybridized carbons (Fsp3) is 0.333. The van der Waals surface area contributed by atoms with Gasteiger partial charge in [-0.25, -0.2) is 4.79 Å². The van der Waals surface area contributed by atoms with Crippen molar-refractivity contribution in [2.45, 2.75) is 6.92 Å². The first-order chi connectivity index (χ1) is 11.0. The van der Waals surface area contributed by atoms with Crippen LogP contribution in [0.25, 0.3) is 0 Å². The van der Waals surface area contributed by atoms with Crippen molar-refractivity contribution >= 4 is 46.1 Å². The summed E-state index contributed by atoms with van der Waals surface area (Å²) in [5, 5.41) is 2.59. The Balaban J connectivity index is 1.71. The van der Waals surface area contributed by atoms with Gasteiger partial charge in [-0.15, -0.1) is 0 Å². The van der Waals surface area contributed by atoms with Gasteiger partial charge in [0.15, 0.2) is 6.61 Å². The van der Waals surface area contributed by atoms with Crippen LogP contribution in [-0.4, -0.2) is 52.5 Å². The number of carbonyl (C=O) groups excluding carboxylic acids is 3. The molecule has 1 aliphatic rings. The van der Waals surface area contributed by atoms with Gasteiger partial charge in [0.2, 0.25) is 5.91 Å². The molecule has 1 N–H and O–H groups in total. The van der Waals surface area contributed by atoms with E-state index in [2.05, 4.69) is 5.32 Å². The summed E-state index contributed by atoms with van der Waals surface area (Å²) in [6, 6.07) is 7.00. The number of hydrogen-bond donors (Lipinski definition) is 1. The fourth-order valence-electron chi connectivity index (χ4n) is 1.97. The second-order valence-corrected chi connectivity index (χ2v) is 6.45. The van der Waals surface area contributed by atoms with Crippen LogP contribution in [0.2, 0.25) is 0 Å². The maximum Gasteiger partial charge on any atom is 0.338 e. The van der Waals surface area contributed by atoms with Gasteiger partial charge in [0.1, 0.15) is 4.32 Å². The lowest BCUT2D eigenvalue weighted by Gasteiger charge is -2.15. The second kappa shape index (κ2) is 8.07. The van der Waals surface area contributed by atoms with E-state index in [1.54, 1.807) is 25.1 Å². The molecule has 1 aromatic rings. The van der Waals surface area contributed by atoms with Gasteiger partial charge in [-0.05, 0) is 18.6 Å². The molecule has 0 atom stereocenters. The first kappa shape index (κ1) is 17.4. The summed E-state index contributed by atoms with van der Waals surface area (Å²) in [5.74, 6) is -0.663. The summed E-state index contributed by atoms with van der Waals surface area (Å²) in [6.07, 6.45) is 0. The number of nitrogens with zero attached hydrogens (tertiary/aromatic N) is 1. The number of esters is 1. The summed E-state index contributed by atoms with van der Waals surface area (Å²) < 4.78 is 5.50. The van der Waals surface area contributed by atoms with Crippen molar-refractivity contribution in [2.24, 2.45) is 0 Å². The number of carbonyl (C=O) groups is 3. The zero-order valence-electron chi connectivity index (χ0n) is 12.5. The molecule has 0 saturated carbocycles. The molecule has 0 spiro atoms. The number of thioether (sulfide) groups is 1. The third-order valence-electron chi connectivity index (χ3n) is 3.20. The highest BCUT2D eigenvalue weighted by Crippen LogP contribution is 2.18. The van der Waals surface area contributed by atoms with Gasteiger partial charge in [0.25, 0.3) is 5.91 Å². The normalized spacial score (nSPS) is 14.0. The maximum atomic E-state index is 11.9. The number of hydrogen-bond acceptors (Lipinski definition) is 6. The third kappa shape index (κ3) is 4.77. The molecule has 0 radical (unpaired) electrons. The predicted molar refractivity (Wildman–Crippen MR) is 91.2 cm³/mol. The maximum absolute atomic E-state index is 11.9. The van der Waals surface area contributed by atoms with Crippen molar-refractivity contribution in [3.05, 3.63) is 35.4 Å². The molecule has 6 nitrogen and oxygen atoms in total. The minimum absolute atomic E-state index is 0.0553. The molecule has 1 aromatic carbocycles. The highest BCUT2D eigenvalue weighted by Gasteiger charge is 2.25. The lowest BCUT2D eigenvalue weighted by atomic mass is 10.1. The van der Waals surface area contributed by atoms with Gasteiger partial charge in [-0.2, -0.15) is 0 Å². The van der Waals surface area contributed by atoms with Gasteiger partial charge in [-0.3, -0.25) is 14.5 Å². The summed E-state index contributed by atoms with van der Waals surface area (Å²) >= 11 is 6.35. The zero-order valence-corrected chi connectivity index (χ0v) is 14.2. The van der Waals surface area contributed by atoms with Crippen LogP contribution in [0.5, 0.6) is 0 Å². The summed E-state index contributed by atoms with van der Waals surface area (Å²) in [4.78, 5) is 36.5. The molecule has 0 bridgehead atoms. The van der Waals surface area contributed by atoms with E-state index in [0.717, 1.165) is 5.56 Å². The summed E-state index contributed by atoms with van der Waals surface area (Å²) in [6.45, 7) is 2.01. The van der Waals surface area contributed by atoms with Crippen molar-refractivity contribution < 1.29 is 19.1 Å². The topological polar surface area (TPSA) is 75.7 Å². The van der Waals surface area contributed by atoms with Crippen molar-refractivity contribution in [3.8, 4) is 0 Å². The molecular weight excluding hydrogens is 336 g/mol. The number of rotatable bonds is 6. The number of benzene rings is 1. The van der Waals surface area contributed by atoms with Crippen LogP contribution in [-0.2, 0) is 14.3 Å². The van der Waals surface area contributed by atoms with Gasteiger partial charge in [0, 0.05) is 13.1 Å². The van der Waals surface area contributed by atoms with E-state index in [1.807, 2.05) is 6.07 Å². The zero-order chi connectivity index (χ0) is 16.8. The monoisotopic (exact) mass is 352 g/mol. The van der Waals surface area contributed by atoms with Crippen LogP contribution >= 0.6 is 24.0 Å². The van der Waals surface area contributed by atoms with E-state index >= 15 is 0 Å². The van der Waals surface area contributed by atoms with E-state index < -0.39 is 11.9 Å². The summed E-state index contributed by atoms with van der Waals surface area (Å²) in [5.41, 5.74) is 1.22. The Morgan fingerprint density at radius 2 is 2.13 bits per heavy atom. The van der Waals surface area contributed by atoms with Crippen LogP contribution in [0, 0.1) is 6.92 Å². The van der Waals surface area contributed by atoms with E-state index in [1.165, 1.54) is 16.7 Å². The van der Waals surface area contributed by atoms with E-state index in [0.29, 0.717) is 22.2 Å². The average Bonchev–Trinajstić information content (AvgIpc) is 2.85. The molecule has 2 amide bonds. The standard InChI is InChI=1S/C15H16N2O4S2/c1-10-4-2-3-5-11(10)14(20)21-8-12(18)16-6-7-17-13(19)9-23-15(17)22/h2-5H,6-9H2,1H3,(H,16,18). The molecule has 0 unspecified atom stereocenters. The molecule has 0 aromatic heterocycles. The Hall–Kier alpha value is -1.93. The lowest BCUT2D eigenvalue weighted by Crippen LogP contribution is -2.38. The van der Waals surface area contributed by atoms with E-state index in [9.17, 15) is 14.4 Å². The Morgan fingerprint density at radius 1 is 1.39 bits per heavy atom. The van der Waals surface area contributed by atoms with Crippen molar-refractivity contribution in [2.75, 3.05) is 25.4 Å². The first-order valence-electron chi connectivity index (χ1n) is 6.95. The van der Waals surface area contributed by atoms with Crippen LogP contribution in [0.3, 0.4) is 0 Å². The second-order valence-electron chi connectivity index (χ2n) is 4.84. The van der Waals surface area contributed by atoms with Crippen LogP contribution in [0.4, 0.5) is 0 Å². The van der Waals surface area contributed by atoms with Crippen LogP contribution < -0.4 is 5.32 Å². The lowest BCUT2D eigenvalue weighted by molar-refractivity contribution is -0.126. The molecule has 122 valence electrons. The Labute approximate surface area is 143 Å². The van der Waals surface area contributed by atoms with E-state index in [4.69, 9.17) is 17.0 Å². The smallest absolute Gasteiger partial charge is 0.338 e. The highest BCUT2D eigenvalue weighted by atomic mass is 32.2. The molecule has 8 heteroatoms. The predicted octanol–water partition coefficient (Wildman–Crippen LogP) is 1.13. The first-order valence-corrected chi connectivity index (χ1v) is 8.35. The molecule has 2 rings (SSSR count). The number of ether oxygens (including phenoxy) is 1. The van der Waals surface area contributed by atoms with Crippen molar-refractivity contribution in [1.82, 2.24) is 10.2 Å². The van der Waals surface area contributed by atoms with Gasteiger partial charge < -0.3 is 10.1 Å². The van der Waals surface area contributed by atoms with Gasteiger partial charge >= 0.3 is 5.97 Å². The third-order valence-corrected chi connectivity index (χ3v) is 4.63. The number of amides is 2. The number of nitrogens with one attached hydrogen (secondary N) is 1. The molecule has 0 aliphatic carbocycles. The minimum Gasteiger partial charge on any atom is -0.452 e. The van der Waals surface area contributed by atoms with Crippen molar-refractivity contribution in [3.63, 3.8) is 0 Å². The Morgan fingerprint density at radius 3 is 2.78 bits per heavy atom. The quantitative estimate of drug-likeness (QED) is 0.611. The minimum atomic E-state index is -0.537. The Bertz CT molecular complexity index is 632. The highest BCUT2D eigenvalue weighted by molar-refractivity contribution is 8.23.